The van der Waals surface area contributed by atoms with Crippen molar-refractivity contribution in [3.05, 3.63) is 108 Å². The second-order valence-electron chi connectivity index (χ2n) is 9.09. The highest BCUT2D eigenvalue weighted by molar-refractivity contribution is 7.92. The van der Waals surface area contributed by atoms with E-state index < -0.39 is 10.0 Å². The van der Waals surface area contributed by atoms with Crippen LogP contribution in [-0.4, -0.2) is 23.4 Å². The molecule has 0 bridgehead atoms. The lowest BCUT2D eigenvalue weighted by atomic mass is 10.1. The lowest BCUT2D eigenvalue weighted by Crippen LogP contribution is -2.15. The van der Waals surface area contributed by atoms with Crippen LogP contribution in [0.3, 0.4) is 0 Å². The average molecular weight is 564 g/mol. The van der Waals surface area contributed by atoms with Crippen LogP contribution in [0.2, 0.25) is 0 Å². The van der Waals surface area contributed by atoms with Crippen molar-refractivity contribution < 1.29 is 12.8 Å². The number of nitrogens with two attached hydrogens (primary N) is 1. The largest absolute Gasteiger partial charge is 0.444 e. The van der Waals surface area contributed by atoms with Gasteiger partial charge in [-0.15, -0.1) is 0 Å². The second kappa shape index (κ2) is 12.1. The van der Waals surface area contributed by atoms with E-state index in [1.807, 2.05) is 50.3 Å². The molecule has 0 unspecified atom stereocenters. The highest BCUT2D eigenvalue weighted by Gasteiger charge is 2.18. The third-order valence-corrected chi connectivity index (χ3v) is 7.49. The van der Waals surface area contributed by atoms with Gasteiger partial charge in [-0.25, -0.2) is 18.4 Å². The number of nitrogens with zero attached hydrogens (tertiary/aromatic N) is 5. The molecule has 5 rings (SSSR count). The highest BCUT2D eigenvalue weighted by Crippen LogP contribution is 2.27. The SMILES string of the molecule is Cc1cc(N)cc(-c2ccc(C#N)c(C#N)n2)c1.Cc1ccc(-c2cnco2)cc1NS(=O)(=O)c1cnccc1C. The van der Waals surface area contributed by atoms with Gasteiger partial charge in [-0.1, -0.05) is 12.1 Å². The normalized spacial score (nSPS) is 10.6. The van der Waals surface area contributed by atoms with Crippen molar-refractivity contribution in [1.29, 1.82) is 10.5 Å². The Hall–Kier alpha value is -5.52. The lowest BCUT2D eigenvalue weighted by Gasteiger charge is -2.12. The Labute approximate surface area is 237 Å². The molecule has 3 N–H and O–H groups in total. The van der Waals surface area contributed by atoms with Crippen molar-refractivity contribution in [2.75, 3.05) is 10.5 Å². The lowest BCUT2D eigenvalue weighted by molar-refractivity contribution is 0.572. The Kier molecular flexibility index (Phi) is 8.42. The highest BCUT2D eigenvalue weighted by atomic mass is 32.2. The number of pyridine rings is 2. The first-order valence-electron chi connectivity index (χ1n) is 12.2. The number of hydrogen-bond donors (Lipinski definition) is 2. The van der Waals surface area contributed by atoms with E-state index in [1.165, 1.54) is 12.6 Å². The zero-order valence-corrected chi connectivity index (χ0v) is 23.3. The molecule has 10 nitrogen and oxygen atoms in total. The summed E-state index contributed by atoms with van der Waals surface area (Å²) >= 11 is 0. The summed E-state index contributed by atoms with van der Waals surface area (Å²) in [6, 6.07) is 19.8. The molecule has 2 aromatic carbocycles. The number of nitrogens with one attached hydrogen (secondary N) is 1. The Bertz CT molecular complexity index is 1890. The molecule has 0 amide bonds. The summed E-state index contributed by atoms with van der Waals surface area (Å²) in [5.74, 6) is 0.572. The van der Waals surface area contributed by atoms with Crippen molar-refractivity contribution in [3.63, 3.8) is 0 Å². The van der Waals surface area contributed by atoms with Crippen molar-refractivity contribution >= 4 is 21.4 Å². The molecule has 0 saturated carbocycles. The van der Waals surface area contributed by atoms with Gasteiger partial charge in [0.1, 0.15) is 17.0 Å². The molecule has 0 atom stereocenters. The van der Waals surface area contributed by atoms with E-state index in [1.54, 1.807) is 49.6 Å². The van der Waals surface area contributed by atoms with Gasteiger partial charge < -0.3 is 10.2 Å². The number of sulfonamides is 1. The van der Waals surface area contributed by atoms with E-state index in [9.17, 15) is 8.42 Å². The van der Waals surface area contributed by atoms with E-state index in [-0.39, 0.29) is 16.2 Å². The van der Waals surface area contributed by atoms with Gasteiger partial charge in [0.05, 0.1) is 23.1 Å². The van der Waals surface area contributed by atoms with Gasteiger partial charge in [0.15, 0.2) is 17.8 Å². The smallest absolute Gasteiger partial charge is 0.263 e. The molecule has 0 spiro atoms. The number of aryl methyl sites for hydroxylation is 3. The minimum absolute atomic E-state index is 0.134. The third-order valence-electron chi connectivity index (χ3n) is 6.00. The van der Waals surface area contributed by atoms with E-state index in [0.29, 0.717) is 28.4 Å². The summed E-state index contributed by atoms with van der Waals surface area (Å²) in [5.41, 5.74) is 12.0. The van der Waals surface area contributed by atoms with Gasteiger partial charge in [-0.3, -0.25) is 9.71 Å². The van der Waals surface area contributed by atoms with Crippen LogP contribution in [-0.2, 0) is 10.0 Å². The van der Waals surface area contributed by atoms with Crippen LogP contribution >= 0.6 is 0 Å². The van der Waals surface area contributed by atoms with Crippen molar-refractivity contribution in [2.24, 2.45) is 0 Å². The van der Waals surface area contributed by atoms with Crippen LogP contribution in [0.5, 0.6) is 0 Å². The predicted molar refractivity (Wildman–Crippen MR) is 155 cm³/mol. The second-order valence-corrected chi connectivity index (χ2v) is 10.7. The maximum absolute atomic E-state index is 12.6. The van der Waals surface area contributed by atoms with Crippen LogP contribution in [0, 0.1) is 43.4 Å². The molecule has 0 radical (unpaired) electrons. The molecule has 0 aliphatic heterocycles. The zero-order chi connectivity index (χ0) is 29.6. The fourth-order valence-electron chi connectivity index (χ4n) is 3.93. The summed E-state index contributed by atoms with van der Waals surface area (Å²) in [4.78, 5) is 12.1. The molecule has 11 heteroatoms. The molecule has 0 fully saturated rings. The number of anilines is 2. The molecule has 204 valence electrons. The first-order valence-corrected chi connectivity index (χ1v) is 13.7. The van der Waals surface area contributed by atoms with Gasteiger partial charge in [-0.2, -0.15) is 10.5 Å². The molecule has 0 aliphatic rings. The van der Waals surface area contributed by atoms with E-state index in [4.69, 9.17) is 20.7 Å². The minimum Gasteiger partial charge on any atom is -0.444 e. The fraction of sp³-hybridized carbons (Fsp3) is 0.100. The first kappa shape index (κ1) is 28.5. The van der Waals surface area contributed by atoms with E-state index in [2.05, 4.69) is 19.7 Å². The summed E-state index contributed by atoms with van der Waals surface area (Å²) in [6.45, 7) is 5.50. The van der Waals surface area contributed by atoms with Crippen LogP contribution in [0.1, 0.15) is 27.9 Å². The average Bonchev–Trinajstić information content (AvgIpc) is 3.49. The minimum atomic E-state index is -3.71. The van der Waals surface area contributed by atoms with Gasteiger partial charge >= 0.3 is 0 Å². The van der Waals surface area contributed by atoms with Crippen LogP contribution < -0.4 is 10.5 Å². The van der Waals surface area contributed by atoms with Crippen molar-refractivity contribution in [2.45, 2.75) is 25.7 Å². The molecular weight excluding hydrogens is 538 g/mol. The van der Waals surface area contributed by atoms with Gasteiger partial charge in [0.2, 0.25) is 0 Å². The quantitative estimate of drug-likeness (QED) is 0.260. The maximum Gasteiger partial charge on any atom is 0.263 e. The monoisotopic (exact) mass is 563 g/mol. The van der Waals surface area contributed by atoms with E-state index >= 15 is 0 Å². The molecular formula is C30H25N7O3S. The summed E-state index contributed by atoms with van der Waals surface area (Å²) in [7, 11) is -3.71. The predicted octanol–water partition coefficient (Wildman–Crippen LogP) is 5.54. The summed E-state index contributed by atoms with van der Waals surface area (Å²) < 4.78 is 33.0. The number of oxazole rings is 1. The zero-order valence-electron chi connectivity index (χ0n) is 22.5. The number of hydrogen-bond acceptors (Lipinski definition) is 9. The Morgan fingerprint density at radius 1 is 0.878 bits per heavy atom. The molecule has 0 saturated heterocycles. The number of nitriles is 2. The fourth-order valence-corrected chi connectivity index (χ4v) is 5.24. The first-order chi connectivity index (χ1) is 19.6. The Morgan fingerprint density at radius 3 is 2.34 bits per heavy atom. The van der Waals surface area contributed by atoms with Crippen LogP contribution in [0.15, 0.2) is 88.9 Å². The van der Waals surface area contributed by atoms with E-state index in [0.717, 1.165) is 22.3 Å². The molecule has 5 aromatic rings. The standard InChI is InChI=1S/C16H15N3O3S.C14H10N4/c1-11-3-4-13(15-8-18-10-22-15)7-14(11)19-23(20,21)16-9-17-6-5-12(16)2;1-9-4-11(6-12(17)5-9)13-3-2-10(7-15)14(8-16)18-13/h3-10,19H,1-2H3;2-6H,17H2,1H3. The topological polar surface area (TPSA) is 172 Å². The maximum atomic E-state index is 12.6. The summed E-state index contributed by atoms with van der Waals surface area (Å²) in [6.07, 6.45) is 5.81. The molecule has 0 aliphatic carbocycles. The molecule has 41 heavy (non-hydrogen) atoms. The van der Waals surface area contributed by atoms with Gasteiger partial charge in [0, 0.05) is 29.2 Å². The van der Waals surface area contributed by atoms with Gasteiger partial charge in [0.25, 0.3) is 10.0 Å². The Balaban J connectivity index is 0.000000195. The summed E-state index contributed by atoms with van der Waals surface area (Å²) in [5, 5.41) is 17.8. The third kappa shape index (κ3) is 6.74. The van der Waals surface area contributed by atoms with Crippen molar-refractivity contribution in [1.82, 2.24) is 15.0 Å². The van der Waals surface area contributed by atoms with Crippen LogP contribution in [0.25, 0.3) is 22.6 Å². The number of nitrogen functional groups attached to an aromatic ring is 1. The van der Waals surface area contributed by atoms with Crippen molar-refractivity contribution in [3.8, 4) is 34.7 Å². The molecule has 3 heterocycles. The molecule has 3 aromatic heterocycles. The van der Waals surface area contributed by atoms with Crippen LogP contribution in [0.4, 0.5) is 11.4 Å². The number of aromatic nitrogens is 3. The number of benzene rings is 2. The van der Waals surface area contributed by atoms with Gasteiger partial charge in [-0.05, 0) is 79.9 Å². The number of rotatable bonds is 5. The Morgan fingerprint density at radius 2 is 1.68 bits per heavy atom.